The van der Waals surface area contributed by atoms with Crippen LogP contribution in [0.1, 0.15) is 69.3 Å². The van der Waals surface area contributed by atoms with Crippen molar-refractivity contribution in [2.24, 2.45) is 5.92 Å². The average Bonchev–Trinajstić information content (AvgIpc) is 3.15. The van der Waals surface area contributed by atoms with Gasteiger partial charge in [-0.15, -0.1) is 0 Å². The zero-order chi connectivity index (χ0) is 25.5. The predicted octanol–water partition coefficient (Wildman–Crippen LogP) is 3.53. The zero-order valence-corrected chi connectivity index (χ0v) is 21.3. The molecule has 5 atom stereocenters. The van der Waals surface area contributed by atoms with Gasteiger partial charge in [0.05, 0.1) is 24.8 Å². The number of Topliss-reactive ketones (excluding diaryl/α,β-unsaturated/α-hetero) is 1. The standard InChI is InChI=1S/C26H36BNO7/c1-15(29)8-6-11-21(30)28-19(12-16-9-7-10-18(23(31)32)22(16)33-5)24-34-20-13-17-14-27(25(17,2)3)26(20,4)35-24/h7,9-10,17,19-20,24H,6,8,11-14H2,1-5H3,(H,28,30)(H,31,32). The lowest BCUT2D eigenvalue weighted by molar-refractivity contribution is -0.129. The average molecular weight is 485 g/mol. The van der Waals surface area contributed by atoms with E-state index in [0.717, 1.165) is 12.7 Å². The van der Waals surface area contributed by atoms with E-state index in [-0.39, 0.29) is 47.3 Å². The minimum Gasteiger partial charge on any atom is -0.496 e. The van der Waals surface area contributed by atoms with Crippen LogP contribution in [0.3, 0.4) is 0 Å². The van der Waals surface area contributed by atoms with Crippen LogP contribution in [0.15, 0.2) is 18.2 Å². The van der Waals surface area contributed by atoms with Gasteiger partial charge >= 0.3 is 5.97 Å². The number of methoxy groups -OCH3 is 1. The van der Waals surface area contributed by atoms with Gasteiger partial charge in [-0.2, -0.15) is 0 Å². The summed E-state index contributed by atoms with van der Waals surface area (Å²) in [5, 5.41) is 12.8. The Hall–Kier alpha value is -2.39. The Kier molecular flexibility index (Phi) is 7.03. The maximum Gasteiger partial charge on any atom is 0.339 e. The molecule has 5 unspecified atom stereocenters. The Morgan fingerprint density at radius 1 is 1.26 bits per heavy atom. The molecule has 4 fully saturated rings. The third-order valence-corrected chi connectivity index (χ3v) is 8.55. The van der Waals surface area contributed by atoms with Gasteiger partial charge in [0.2, 0.25) is 5.91 Å². The largest absolute Gasteiger partial charge is 0.496 e. The van der Waals surface area contributed by atoms with E-state index >= 15 is 0 Å². The maximum absolute atomic E-state index is 12.8. The van der Waals surface area contributed by atoms with Crippen molar-refractivity contribution in [2.75, 3.05) is 7.11 Å². The highest BCUT2D eigenvalue weighted by Gasteiger charge is 2.69. The quantitative estimate of drug-likeness (QED) is 0.488. The molecule has 4 aliphatic rings. The minimum atomic E-state index is -1.08. The van der Waals surface area contributed by atoms with Crippen molar-refractivity contribution in [2.45, 2.75) is 95.4 Å². The molecule has 8 nitrogen and oxygen atoms in total. The number of carboxylic acid groups (broad SMARTS) is 1. The number of ketones is 1. The molecule has 1 aromatic carbocycles. The number of carbonyl (C=O) groups excluding carboxylic acids is 2. The topological polar surface area (TPSA) is 111 Å². The molecule has 1 aromatic rings. The van der Waals surface area contributed by atoms with Gasteiger partial charge in [0.15, 0.2) is 13.0 Å². The van der Waals surface area contributed by atoms with E-state index in [9.17, 15) is 19.5 Å². The summed E-state index contributed by atoms with van der Waals surface area (Å²) in [6, 6.07) is 4.42. The van der Waals surface area contributed by atoms with Crippen molar-refractivity contribution in [3.05, 3.63) is 29.3 Å². The number of nitrogens with one attached hydrogen (secondary N) is 1. The van der Waals surface area contributed by atoms with Crippen LogP contribution >= 0.6 is 0 Å². The normalized spacial score (nSPS) is 29.1. The molecular weight excluding hydrogens is 449 g/mol. The van der Waals surface area contributed by atoms with Gasteiger partial charge in [0, 0.05) is 19.3 Å². The van der Waals surface area contributed by atoms with Crippen molar-refractivity contribution in [3.8, 4) is 5.75 Å². The number of ether oxygens (including phenoxy) is 3. The molecule has 5 rings (SSSR count). The van der Waals surface area contributed by atoms with Crippen molar-refractivity contribution in [1.82, 2.24) is 5.32 Å². The van der Waals surface area contributed by atoms with E-state index in [4.69, 9.17) is 14.2 Å². The fourth-order valence-corrected chi connectivity index (χ4v) is 6.46. The fourth-order valence-electron chi connectivity index (χ4n) is 6.46. The predicted molar refractivity (Wildman–Crippen MR) is 131 cm³/mol. The molecule has 4 saturated heterocycles. The Morgan fingerprint density at radius 2 is 2.00 bits per heavy atom. The highest BCUT2D eigenvalue weighted by molar-refractivity contribution is 6.69. The van der Waals surface area contributed by atoms with Crippen LogP contribution in [0.25, 0.3) is 0 Å². The van der Waals surface area contributed by atoms with Gasteiger partial charge in [-0.1, -0.05) is 37.6 Å². The Bertz CT molecular complexity index is 1010. The number of hydrogen-bond donors (Lipinski definition) is 2. The molecule has 35 heavy (non-hydrogen) atoms. The Labute approximate surface area is 207 Å². The van der Waals surface area contributed by atoms with Gasteiger partial charge in [-0.25, -0.2) is 4.79 Å². The second kappa shape index (κ2) is 9.58. The first-order valence-electron chi connectivity index (χ1n) is 12.5. The highest BCUT2D eigenvalue weighted by Crippen LogP contribution is 2.65. The van der Waals surface area contributed by atoms with Crippen LogP contribution in [-0.4, -0.2) is 60.5 Å². The van der Waals surface area contributed by atoms with E-state index in [1.807, 2.05) is 0 Å². The summed E-state index contributed by atoms with van der Waals surface area (Å²) in [5.74, 6) is -0.366. The molecule has 1 amide bonds. The Morgan fingerprint density at radius 3 is 2.63 bits per heavy atom. The van der Waals surface area contributed by atoms with Gasteiger partial charge in [-0.05, 0) is 44.2 Å². The second-order valence-electron chi connectivity index (χ2n) is 11.1. The number of aromatic carboxylic acids is 1. The minimum absolute atomic E-state index is 0.0469. The van der Waals surface area contributed by atoms with Crippen LogP contribution < -0.4 is 10.1 Å². The first kappa shape index (κ1) is 25.7. The summed E-state index contributed by atoms with van der Waals surface area (Å²) >= 11 is 0. The van der Waals surface area contributed by atoms with E-state index < -0.39 is 23.8 Å². The smallest absolute Gasteiger partial charge is 0.339 e. The van der Waals surface area contributed by atoms with Gasteiger partial charge in [-0.3, -0.25) is 4.79 Å². The number of hydrogen-bond acceptors (Lipinski definition) is 6. The molecule has 2 N–H and O–H groups in total. The lowest BCUT2D eigenvalue weighted by atomic mass is 9.10. The number of carbonyl (C=O) groups is 3. The van der Waals surface area contributed by atoms with E-state index in [1.54, 1.807) is 12.1 Å². The molecule has 0 aliphatic carbocycles. The lowest BCUT2D eigenvalue weighted by Crippen LogP contribution is -2.69. The lowest BCUT2D eigenvalue weighted by Gasteiger charge is -2.62. The van der Waals surface area contributed by atoms with Crippen LogP contribution in [0, 0.1) is 5.92 Å². The first-order valence-corrected chi connectivity index (χ1v) is 12.5. The molecule has 9 heteroatoms. The maximum atomic E-state index is 12.8. The van der Waals surface area contributed by atoms with E-state index in [2.05, 4.69) is 26.1 Å². The fraction of sp³-hybridized carbons (Fsp3) is 0.654. The zero-order valence-electron chi connectivity index (χ0n) is 21.3. The molecule has 0 saturated carbocycles. The van der Waals surface area contributed by atoms with Gasteiger partial charge < -0.3 is 29.4 Å². The molecule has 0 radical (unpaired) electrons. The molecule has 190 valence electrons. The highest BCUT2D eigenvalue weighted by atomic mass is 16.7. The number of rotatable bonds is 10. The number of benzene rings is 1. The van der Waals surface area contributed by atoms with Crippen molar-refractivity contribution in [3.63, 3.8) is 0 Å². The second-order valence-corrected chi connectivity index (χ2v) is 11.1. The molecular formula is C26H36BNO7. The summed E-state index contributed by atoms with van der Waals surface area (Å²) in [6.07, 6.45) is 2.64. The van der Waals surface area contributed by atoms with Gasteiger partial charge in [0.1, 0.15) is 17.1 Å². The summed E-state index contributed by atoms with van der Waals surface area (Å²) < 4.78 is 18.5. The molecule has 4 aliphatic heterocycles. The van der Waals surface area contributed by atoms with Gasteiger partial charge in [0.25, 0.3) is 0 Å². The van der Waals surface area contributed by atoms with Crippen LogP contribution in [-0.2, 0) is 25.5 Å². The SMILES string of the molecule is COc1c(CC(NC(=O)CCCC(C)=O)C2OC3CC4CB(C4(C)C)C3(C)O2)cccc1C(=O)O. The summed E-state index contributed by atoms with van der Waals surface area (Å²) in [6.45, 7) is 8.59. The third kappa shape index (κ3) is 4.72. The summed E-state index contributed by atoms with van der Waals surface area (Å²) in [5.41, 5.74) is 0.277. The molecule has 0 aromatic heterocycles. The number of para-hydroxylation sites is 1. The van der Waals surface area contributed by atoms with E-state index in [1.165, 1.54) is 20.1 Å². The molecule has 0 spiro atoms. The van der Waals surface area contributed by atoms with Crippen molar-refractivity contribution >= 4 is 24.4 Å². The van der Waals surface area contributed by atoms with Crippen LogP contribution in [0.5, 0.6) is 5.75 Å². The summed E-state index contributed by atoms with van der Waals surface area (Å²) in [4.78, 5) is 35.8. The van der Waals surface area contributed by atoms with Crippen LogP contribution in [0.2, 0.25) is 11.6 Å². The van der Waals surface area contributed by atoms with Crippen molar-refractivity contribution in [1.29, 1.82) is 0 Å². The van der Waals surface area contributed by atoms with E-state index in [0.29, 0.717) is 31.0 Å². The first-order chi connectivity index (χ1) is 16.5. The number of carboxylic acids is 1. The molecule has 2 bridgehead atoms. The van der Waals surface area contributed by atoms with Crippen molar-refractivity contribution < 1.29 is 33.7 Å². The Balaban J connectivity index is 1.57. The number of amides is 1. The third-order valence-electron chi connectivity index (χ3n) is 8.55. The summed E-state index contributed by atoms with van der Waals surface area (Å²) in [7, 11) is 1.44. The molecule has 4 heterocycles. The monoisotopic (exact) mass is 485 g/mol. The van der Waals surface area contributed by atoms with Crippen LogP contribution in [0.4, 0.5) is 0 Å².